The van der Waals surface area contributed by atoms with E-state index >= 15 is 0 Å². The fourth-order valence-corrected chi connectivity index (χ4v) is 3.48. The molecule has 7 heteroatoms. The topological polar surface area (TPSA) is 85.8 Å². The van der Waals surface area contributed by atoms with E-state index in [2.05, 4.69) is 28.4 Å². The molecule has 0 spiro atoms. The molecule has 1 saturated heterocycles. The van der Waals surface area contributed by atoms with Crippen LogP contribution in [0.5, 0.6) is 0 Å². The number of hydrogen-bond donors (Lipinski definition) is 2. The molecule has 2 aliphatic heterocycles. The minimum absolute atomic E-state index is 0.172. The van der Waals surface area contributed by atoms with Crippen molar-refractivity contribution in [2.24, 2.45) is 0 Å². The number of aromatic nitrogens is 1. The predicted molar refractivity (Wildman–Crippen MR) is 97.9 cm³/mol. The average Bonchev–Trinajstić information content (AvgIpc) is 3.00. The molecule has 1 aromatic heterocycles. The van der Waals surface area contributed by atoms with Crippen molar-refractivity contribution < 1.29 is 14.7 Å². The maximum Gasteiger partial charge on any atom is 0.321 e. The van der Waals surface area contributed by atoms with Gasteiger partial charge in [-0.2, -0.15) is 0 Å². The molecule has 1 unspecified atom stereocenters. The third-order valence-electron chi connectivity index (χ3n) is 4.88. The van der Waals surface area contributed by atoms with Crippen molar-refractivity contribution in [1.29, 1.82) is 0 Å². The lowest BCUT2D eigenvalue weighted by atomic mass is 10.1. The molecular formula is C19H24N4O3. The molecule has 0 aliphatic carbocycles. The van der Waals surface area contributed by atoms with E-state index in [4.69, 9.17) is 11.5 Å². The molecule has 0 saturated carbocycles. The molecular weight excluding hydrogens is 332 g/mol. The number of carboxylic acid groups (broad SMARTS) is 1. The Hall–Kier alpha value is -2.75. The number of terminal acetylenes is 1. The minimum atomic E-state index is -0.994. The van der Waals surface area contributed by atoms with E-state index in [1.165, 1.54) is 10.5 Å². The number of urea groups is 1. The van der Waals surface area contributed by atoms with Crippen LogP contribution < -0.4 is 5.32 Å². The van der Waals surface area contributed by atoms with Crippen LogP contribution in [-0.4, -0.2) is 64.1 Å². The normalized spacial score (nSPS) is 17.4. The van der Waals surface area contributed by atoms with Crippen LogP contribution in [0.3, 0.4) is 0 Å². The van der Waals surface area contributed by atoms with Crippen molar-refractivity contribution in [3.63, 3.8) is 0 Å². The molecule has 1 fully saturated rings. The number of pyridine rings is 1. The molecule has 1 aromatic rings. The zero-order valence-electron chi connectivity index (χ0n) is 14.8. The Morgan fingerprint density at radius 3 is 3.04 bits per heavy atom. The lowest BCUT2D eigenvalue weighted by Gasteiger charge is -2.23. The number of aliphatic carboxylic acids is 1. The van der Waals surface area contributed by atoms with Crippen molar-refractivity contribution >= 4 is 17.8 Å². The van der Waals surface area contributed by atoms with Gasteiger partial charge in [0.2, 0.25) is 0 Å². The third-order valence-corrected chi connectivity index (χ3v) is 4.88. The quantitative estimate of drug-likeness (QED) is 0.725. The highest BCUT2D eigenvalue weighted by molar-refractivity contribution is 5.78. The van der Waals surface area contributed by atoms with Crippen LogP contribution in [0.2, 0.25) is 0 Å². The van der Waals surface area contributed by atoms with Crippen LogP contribution in [-0.2, 0) is 17.6 Å². The monoisotopic (exact) mass is 356 g/mol. The van der Waals surface area contributed by atoms with Gasteiger partial charge in [0.05, 0.1) is 6.42 Å². The number of aryl methyl sites for hydroxylation is 2. The zero-order chi connectivity index (χ0) is 18.5. The van der Waals surface area contributed by atoms with Crippen molar-refractivity contribution in [2.75, 3.05) is 31.5 Å². The maximum atomic E-state index is 12.5. The van der Waals surface area contributed by atoms with E-state index in [1.54, 1.807) is 4.90 Å². The third kappa shape index (κ3) is 4.07. The Morgan fingerprint density at radius 1 is 1.42 bits per heavy atom. The predicted octanol–water partition coefficient (Wildman–Crippen LogP) is 1.59. The summed E-state index contributed by atoms with van der Waals surface area (Å²) in [6.07, 6.45) is 9.00. The highest BCUT2D eigenvalue weighted by atomic mass is 16.4. The smallest absolute Gasteiger partial charge is 0.321 e. The van der Waals surface area contributed by atoms with Gasteiger partial charge in [-0.05, 0) is 37.3 Å². The van der Waals surface area contributed by atoms with Crippen LogP contribution in [0, 0.1) is 12.3 Å². The number of nitrogens with zero attached hydrogens (tertiary/aromatic N) is 3. The SMILES string of the molecule is C#CC(CC(=O)O)N1CCN(CCCc2ccc3c(n2)NCCC3)C1=O. The Morgan fingerprint density at radius 2 is 2.27 bits per heavy atom. The second-order valence-electron chi connectivity index (χ2n) is 6.69. The van der Waals surface area contributed by atoms with Crippen LogP contribution in [0.1, 0.15) is 30.5 Å². The van der Waals surface area contributed by atoms with E-state index in [1.807, 2.05) is 0 Å². The second-order valence-corrected chi connectivity index (χ2v) is 6.69. The molecule has 0 aromatic carbocycles. The Kier molecular flexibility index (Phi) is 5.61. The highest BCUT2D eigenvalue weighted by Gasteiger charge is 2.33. The lowest BCUT2D eigenvalue weighted by Crippen LogP contribution is -2.40. The molecule has 2 aliphatic rings. The van der Waals surface area contributed by atoms with E-state index in [-0.39, 0.29) is 12.5 Å². The number of nitrogens with one attached hydrogen (secondary N) is 1. The van der Waals surface area contributed by atoms with Crippen LogP contribution >= 0.6 is 0 Å². The number of carboxylic acids is 1. The molecule has 0 radical (unpaired) electrons. The van der Waals surface area contributed by atoms with Gasteiger partial charge in [0.1, 0.15) is 11.9 Å². The Bertz CT molecular complexity index is 728. The molecule has 3 heterocycles. The Labute approximate surface area is 153 Å². The number of anilines is 1. The molecule has 0 bridgehead atoms. The largest absolute Gasteiger partial charge is 0.481 e. The van der Waals surface area contributed by atoms with Crippen molar-refractivity contribution in [3.05, 3.63) is 23.4 Å². The van der Waals surface area contributed by atoms with E-state index in [0.29, 0.717) is 19.6 Å². The van der Waals surface area contributed by atoms with Gasteiger partial charge < -0.3 is 20.2 Å². The van der Waals surface area contributed by atoms with E-state index in [9.17, 15) is 9.59 Å². The Balaban J connectivity index is 1.50. The summed E-state index contributed by atoms with van der Waals surface area (Å²) in [6.45, 7) is 2.64. The standard InChI is InChI=1S/C19H24N4O3/c1-2-16(13-17(24)25)23-12-11-22(19(23)26)10-4-6-15-8-7-14-5-3-9-20-18(14)21-15/h1,7-8,16H,3-6,9-13H2,(H,20,21)(H,24,25). The van der Waals surface area contributed by atoms with Crippen molar-refractivity contribution in [2.45, 2.75) is 38.1 Å². The van der Waals surface area contributed by atoms with Crippen LogP contribution in [0.15, 0.2) is 12.1 Å². The number of carbonyl (C=O) groups excluding carboxylic acids is 1. The summed E-state index contributed by atoms with van der Waals surface area (Å²) in [5, 5.41) is 12.3. The maximum absolute atomic E-state index is 12.5. The summed E-state index contributed by atoms with van der Waals surface area (Å²) in [6, 6.07) is 3.34. The number of rotatable bonds is 7. The molecule has 3 rings (SSSR count). The van der Waals surface area contributed by atoms with Gasteiger partial charge in [0, 0.05) is 31.9 Å². The van der Waals surface area contributed by atoms with Gasteiger partial charge in [0.15, 0.2) is 0 Å². The molecule has 138 valence electrons. The number of fused-ring (bicyclic) bond motifs is 1. The van der Waals surface area contributed by atoms with Gasteiger partial charge in [-0.3, -0.25) is 4.79 Å². The first-order chi connectivity index (χ1) is 12.6. The summed E-state index contributed by atoms with van der Waals surface area (Å²) in [5.41, 5.74) is 2.29. The summed E-state index contributed by atoms with van der Waals surface area (Å²) in [4.78, 5) is 31.2. The average molecular weight is 356 g/mol. The summed E-state index contributed by atoms with van der Waals surface area (Å²) >= 11 is 0. The summed E-state index contributed by atoms with van der Waals surface area (Å²) in [7, 11) is 0. The van der Waals surface area contributed by atoms with Crippen molar-refractivity contribution in [3.8, 4) is 12.3 Å². The van der Waals surface area contributed by atoms with Gasteiger partial charge in [-0.25, -0.2) is 9.78 Å². The first-order valence-corrected chi connectivity index (χ1v) is 9.04. The van der Waals surface area contributed by atoms with Gasteiger partial charge in [0.25, 0.3) is 0 Å². The summed E-state index contributed by atoms with van der Waals surface area (Å²) < 4.78 is 0. The van der Waals surface area contributed by atoms with E-state index < -0.39 is 12.0 Å². The van der Waals surface area contributed by atoms with Gasteiger partial charge >= 0.3 is 12.0 Å². The second kappa shape index (κ2) is 8.09. The number of amides is 2. The summed E-state index contributed by atoms with van der Waals surface area (Å²) in [5.74, 6) is 2.41. The van der Waals surface area contributed by atoms with Crippen LogP contribution in [0.25, 0.3) is 0 Å². The molecule has 26 heavy (non-hydrogen) atoms. The minimum Gasteiger partial charge on any atom is -0.481 e. The number of carbonyl (C=O) groups is 2. The fraction of sp³-hybridized carbons (Fsp3) is 0.526. The number of hydrogen-bond acceptors (Lipinski definition) is 4. The van der Waals surface area contributed by atoms with Crippen LogP contribution in [0.4, 0.5) is 10.6 Å². The molecule has 2 N–H and O–H groups in total. The first kappa shape index (κ1) is 18.1. The van der Waals surface area contributed by atoms with Gasteiger partial charge in [-0.15, -0.1) is 6.42 Å². The van der Waals surface area contributed by atoms with E-state index in [0.717, 1.165) is 43.7 Å². The molecule has 2 amide bonds. The molecule has 1 atom stereocenters. The lowest BCUT2D eigenvalue weighted by molar-refractivity contribution is -0.137. The highest BCUT2D eigenvalue weighted by Crippen LogP contribution is 2.20. The van der Waals surface area contributed by atoms with Crippen molar-refractivity contribution in [1.82, 2.24) is 14.8 Å². The molecule has 7 nitrogen and oxygen atoms in total. The first-order valence-electron chi connectivity index (χ1n) is 9.04. The zero-order valence-corrected chi connectivity index (χ0v) is 14.8. The van der Waals surface area contributed by atoms with Gasteiger partial charge in [-0.1, -0.05) is 12.0 Å². The fourth-order valence-electron chi connectivity index (χ4n) is 3.48.